The van der Waals surface area contributed by atoms with Crippen LogP contribution >= 0.6 is 0 Å². The molecule has 0 heterocycles. The summed E-state index contributed by atoms with van der Waals surface area (Å²) in [4.78, 5) is 10.8. The van der Waals surface area contributed by atoms with Gasteiger partial charge in [-0.3, -0.25) is 0 Å². The van der Waals surface area contributed by atoms with E-state index in [-0.39, 0.29) is 0 Å². The van der Waals surface area contributed by atoms with Crippen molar-refractivity contribution in [1.82, 2.24) is 0 Å². The molecule has 86 valence electrons. The van der Waals surface area contributed by atoms with Gasteiger partial charge in [0.05, 0.1) is 0 Å². The topological polar surface area (TPSA) is 17.1 Å². The van der Waals surface area contributed by atoms with Crippen LogP contribution in [0.2, 0.25) is 0 Å². The van der Waals surface area contributed by atoms with Crippen molar-refractivity contribution in [2.24, 2.45) is 34.5 Å². The largest absolute Gasteiger partial charge is 0.303 e. The zero-order chi connectivity index (χ0) is 11.4. The molecule has 0 bridgehead atoms. The van der Waals surface area contributed by atoms with Crippen LogP contribution in [0.15, 0.2) is 0 Å². The molecule has 0 saturated heterocycles. The summed E-state index contributed by atoms with van der Waals surface area (Å²) in [5.41, 5.74) is 0.822. The predicted molar refractivity (Wildman–Crippen MR) is 62.5 cm³/mol. The van der Waals surface area contributed by atoms with E-state index in [1.165, 1.54) is 6.42 Å². The monoisotopic (exact) mass is 208 g/mol. The van der Waals surface area contributed by atoms with Gasteiger partial charge in [-0.15, -0.1) is 0 Å². The van der Waals surface area contributed by atoms with Crippen molar-refractivity contribution in [2.45, 2.75) is 47.5 Å². The van der Waals surface area contributed by atoms with Crippen LogP contribution < -0.4 is 0 Å². The molecule has 5 atom stereocenters. The van der Waals surface area contributed by atoms with Gasteiger partial charge in [0.1, 0.15) is 6.29 Å². The Morgan fingerprint density at radius 2 is 1.87 bits per heavy atom. The number of carbonyl (C=O) groups excluding carboxylic acids is 1. The van der Waals surface area contributed by atoms with Crippen molar-refractivity contribution in [3.8, 4) is 0 Å². The van der Waals surface area contributed by atoms with Crippen molar-refractivity contribution in [2.75, 3.05) is 0 Å². The fourth-order valence-electron chi connectivity index (χ4n) is 4.70. The van der Waals surface area contributed by atoms with Crippen molar-refractivity contribution < 1.29 is 4.79 Å². The number of carbonyl (C=O) groups is 1. The second-order valence-electron chi connectivity index (χ2n) is 6.63. The van der Waals surface area contributed by atoms with Crippen LogP contribution in [0.3, 0.4) is 0 Å². The molecule has 0 aliphatic heterocycles. The van der Waals surface area contributed by atoms with Crippen molar-refractivity contribution in [3.05, 3.63) is 0 Å². The third-order valence-electron chi connectivity index (χ3n) is 6.13. The second kappa shape index (κ2) is 3.09. The molecule has 1 heteroatoms. The molecule has 0 aromatic rings. The molecule has 0 aromatic heterocycles. The van der Waals surface area contributed by atoms with Gasteiger partial charge in [-0.1, -0.05) is 34.6 Å². The molecule has 15 heavy (non-hydrogen) atoms. The van der Waals surface area contributed by atoms with Crippen LogP contribution in [0.25, 0.3) is 0 Å². The molecule has 2 aliphatic carbocycles. The van der Waals surface area contributed by atoms with Crippen molar-refractivity contribution >= 4 is 6.29 Å². The van der Waals surface area contributed by atoms with E-state index in [0.717, 1.165) is 30.5 Å². The van der Waals surface area contributed by atoms with Crippen LogP contribution in [0.4, 0.5) is 0 Å². The summed E-state index contributed by atoms with van der Waals surface area (Å²) in [6.07, 6.45) is 3.12. The Bertz CT molecular complexity index is 281. The van der Waals surface area contributed by atoms with E-state index in [1.807, 2.05) is 0 Å². The number of rotatable bonds is 2. The summed E-state index contributed by atoms with van der Waals surface area (Å²) in [6, 6.07) is 0. The molecule has 2 saturated carbocycles. The second-order valence-corrected chi connectivity index (χ2v) is 6.63. The first-order chi connectivity index (χ1) is 6.87. The molecular weight excluding hydrogens is 184 g/mol. The van der Waals surface area contributed by atoms with Gasteiger partial charge < -0.3 is 4.79 Å². The smallest absolute Gasteiger partial charge is 0.120 e. The van der Waals surface area contributed by atoms with E-state index in [2.05, 4.69) is 34.6 Å². The van der Waals surface area contributed by atoms with Gasteiger partial charge in [-0.25, -0.2) is 0 Å². The molecule has 0 radical (unpaired) electrons. The molecule has 2 aliphatic rings. The zero-order valence-electron chi connectivity index (χ0n) is 10.7. The number of hydrogen-bond donors (Lipinski definition) is 0. The highest BCUT2D eigenvalue weighted by atomic mass is 16.1. The Kier molecular flexibility index (Phi) is 2.30. The zero-order valence-corrected chi connectivity index (χ0v) is 10.7. The van der Waals surface area contributed by atoms with E-state index in [1.54, 1.807) is 0 Å². The quantitative estimate of drug-likeness (QED) is 0.634. The van der Waals surface area contributed by atoms with Gasteiger partial charge in [-0.05, 0) is 40.9 Å². The fraction of sp³-hybridized carbons (Fsp3) is 0.929. The average Bonchev–Trinajstić information content (AvgIpc) is 2.69. The first-order valence-electron chi connectivity index (χ1n) is 6.31. The third-order valence-corrected chi connectivity index (χ3v) is 6.13. The third kappa shape index (κ3) is 1.18. The lowest BCUT2D eigenvalue weighted by Gasteiger charge is -2.46. The van der Waals surface area contributed by atoms with Gasteiger partial charge in [0.15, 0.2) is 0 Å². The average molecular weight is 208 g/mol. The summed E-state index contributed by atoms with van der Waals surface area (Å²) >= 11 is 0. The van der Waals surface area contributed by atoms with E-state index < -0.39 is 0 Å². The highest BCUT2D eigenvalue weighted by Gasteiger charge is 2.70. The van der Waals surface area contributed by atoms with E-state index in [0.29, 0.717) is 16.7 Å². The number of aldehydes is 1. The van der Waals surface area contributed by atoms with Gasteiger partial charge in [0.25, 0.3) is 0 Å². The molecule has 2 rings (SSSR count). The Labute approximate surface area is 93.6 Å². The minimum atomic E-state index is 0.338. The molecule has 2 fully saturated rings. The summed E-state index contributed by atoms with van der Waals surface area (Å²) < 4.78 is 0. The van der Waals surface area contributed by atoms with Gasteiger partial charge >= 0.3 is 0 Å². The molecular formula is C14H24O. The number of hydrogen-bond acceptors (Lipinski definition) is 1. The Morgan fingerprint density at radius 3 is 2.40 bits per heavy atom. The maximum absolute atomic E-state index is 10.8. The molecule has 0 aromatic carbocycles. The van der Waals surface area contributed by atoms with Crippen LogP contribution in [0.1, 0.15) is 47.5 Å². The normalized spacial score (nSPS) is 52.1. The molecule has 0 N–H and O–H groups in total. The summed E-state index contributed by atoms with van der Waals surface area (Å²) in [5, 5.41) is 0. The van der Waals surface area contributed by atoms with Crippen LogP contribution in [-0.2, 0) is 4.79 Å². The molecule has 1 unspecified atom stereocenters. The van der Waals surface area contributed by atoms with Crippen LogP contribution in [0, 0.1) is 34.5 Å². The van der Waals surface area contributed by atoms with E-state index >= 15 is 0 Å². The van der Waals surface area contributed by atoms with Gasteiger partial charge in [0.2, 0.25) is 0 Å². The fourth-order valence-corrected chi connectivity index (χ4v) is 4.70. The molecule has 0 amide bonds. The maximum atomic E-state index is 10.8. The minimum Gasteiger partial charge on any atom is -0.303 e. The Morgan fingerprint density at radius 1 is 1.27 bits per heavy atom. The first kappa shape index (κ1) is 11.2. The first-order valence-corrected chi connectivity index (χ1v) is 6.31. The minimum absolute atomic E-state index is 0.338. The standard InChI is InChI=1S/C14H24O/c1-9-8-11(6-7-15)13(3,4)14(5)10(2)12(9)14/h7,9-12H,6,8H2,1-5H3/t9-,10-,11?,12-,14-/m0/s1. The van der Waals surface area contributed by atoms with Crippen molar-refractivity contribution in [1.29, 1.82) is 0 Å². The maximum Gasteiger partial charge on any atom is 0.120 e. The van der Waals surface area contributed by atoms with Crippen LogP contribution in [-0.4, -0.2) is 6.29 Å². The summed E-state index contributed by atoms with van der Waals surface area (Å²) in [5.74, 6) is 3.15. The number of fused-ring (bicyclic) bond motifs is 1. The predicted octanol–water partition coefficient (Wildman–Crippen LogP) is 3.53. The van der Waals surface area contributed by atoms with E-state index in [9.17, 15) is 4.79 Å². The lowest BCUT2D eigenvalue weighted by atomic mass is 9.58. The SMILES string of the molecule is C[C@H]1CC(CC=O)C(C)(C)[C@]2(C)[C@@H]1[C@@H]2C. The molecule has 1 nitrogen and oxygen atoms in total. The Hall–Kier alpha value is -0.330. The van der Waals surface area contributed by atoms with Crippen LogP contribution in [0.5, 0.6) is 0 Å². The lowest BCUT2D eigenvalue weighted by Crippen LogP contribution is -2.40. The lowest BCUT2D eigenvalue weighted by molar-refractivity contribution is -0.111. The van der Waals surface area contributed by atoms with E-state index in [4.69, 9.17) is 0 Å². The van der Waals surface area contributed by atoms with Gasteiger partial charge in [0, 0.05) is 6.42 Å². The van der Waals surface area contributed by atoms with Gasteiger partial charge in [-0.2, -0.15) is 0 Å². The highest BCUT2D eigenvalue weighted by molar-refractivity contribution is 5.50. The Balaban J connectivity index is 2.28. The summed E-state index contributed by atoms with van der Waals surface area (Å²) in [7, 11) is 0. The van der Waals surface area contributed by atoms with Crippen molar-refractivity contribution in [3.63, 3.8) is 0 Å². The molecule has 0 spiro atoms. The summed E-state index contributed by atoms with van der Waals surface area (Å²) in [6.45, 7) is 12.0. The highest BCUT2D eigenvalue weighted by Crippen LogP contribution is 2.76.